The van der Waals surface area contributed by atoms with E-state index in [0.717, 1.165) is 6.42 Å². The molecule has 0 unspecified atom stereocenters. The molecule has 0 aliphatic heterocycles. The van der Waals surface area contributed by atoms with Gasteiger partial charge < -0.3 is 0 Å². The lowest BCUT2D eigenvalue weighted by Crippen LogP contribution is -2.41. The molecule has 0 aliphatic carbocycles. The summed E-state index contributed by atoms with van der Waals surface area (Å²) in [6.07, 6.45) is 3.04. The van der Waals surface area contributed by atoms with Gasteiger partial charge in [-0.25, -0.2) is 13.1 Å². The largest absolute Gasteiger partial charge is 0.236 e. The quantitative estimate of drug-likeness (QED) is 0.789. The summed E-state index contributed by atoms with van der Waals surface area (Å²) < 4.78 is 26.2. The van der Waals surface area contributed by atoms with Crippen molar-refractivity contribution in [1.29, 1.82) is 0 Å². The van der Waals surface area contributed by atoms with Gasteiger partial charge in [-0.2, -0.15) is 0 Å². The summed E-state index contributed by atoms with van der Waals surface area (Å²) in [4.78, 5) is 0.481. The smallest absolute Gasteiger partial charge is 0.207 e. The van der Waals surface area contributed by atoms with Crippen molar-refractivity contribution in [1.82, 2.24) is 4.72 Å². The Balaban J connectivity index is 4.87. The van der Waals surface area contributed by atoms with Crippen LogP contribution in [-0.2, 0) is 10.0 Å². The molecule has 0 aromatic rings. The van der Waals surface area contributed by atoms with E-state index in [2.05, 4.69) is 4.72 Å². The fraction of sp³-hybridized carbons (Fsp3) is 0.800. The van der Waals surface area contributed by atoms with Crippen molar-refractivity contribution < 1.29 is 8.42 Å². The second kappa shape index (κ2) is 4.94. The normalized spacial score (nSPS) is 14.5. The molecule has 4 heteroatoms. The zero-order chi connectivity index (χ0) is 11.4. The Bertz CT molecular complexity index is 297. The maximum Gasteiger partial charge on any atom is 0.236 e. The van der Waals surface area contributed by atoms with Crippen LogP contribution in [0.1, 0.15) is 47.5 Å². The van der Waals surface area contributed by atoms with E-state index in [9.17, 15) is 8.42 Å². The van der Waals surface area contributed by atoms with Gasteiger partial charge in [-0.3, -0.25) is 0 Å². The molecule has 14 heavy (non-hydrogen) atoms. The minimum absolute atomic E-state index is 0.416. The predicted molar refractivity (Wildman–Crippen MR) is 60.5 cm³/mol. The Morgan fingerprint density at radius 3 is 2.07 bits per heavy atom. The molecule has 0 aliphatic rings. The monoisotopic (exact) mass is 219 g/mol. The third-order valence-electron chi connectivity index (χ3n) is 1.57. The van der Waals surface area contributed by atoms with Crippen LogP contribution in [0, 0.1) is 0 Å². The Labute approximate surface area is 87.6 Å². The summed E-state index contributed by atoms with van der Waals surface area (Å²) in [7, 11) is -3.28. The molecule has 0 spiro atoms. The standard InChI is InChI=1S/C10H21NO2S/c1-6-8-9(7-2)14(12,13)11-10(3,4)5/h8,11H,6-7H2,1-5H3/b9-8+. The van der Waals surface area contributed by atoms with Crippen LogP contribution in [0.2, 0.25) is 0 Å². The zero-order valence-electron chi connectivity index (χ0n) is 9.72. The lowest BCUT2D eigenvalue weighted by atomic mass is 10.1. The Morgan fingerprint density at radius 1 is 1.29 bits per heavy atom. The SMILES string of the molecule is CC/C=C(\CC)S(=O)(=O)NC(C)(C)C. The zero-order valence-corrected chi connectivity index (χ0v) is 10.5. The second-order valence-electron chi connectivity index (χ2n) is 4.29. The highest BCUT2D eigenvalue weighted by Gasteiger charge is 2.22. The molecule has 0 amide bonds. The number of hydrogen-bond donors (Lipinski definition) is 1. The first-order chi connectivity index (χ1) is 6.23. The van der Waals surface area contributed by atoms with E-state index in [4.69, 9.17) is 0 Å². The van der Waals surface area contributed by atoms with Crippen LogP contribution in [0.15, 0.2) is 11.0 Å². The molecule has 0 heterocycles. The van der Waals surface area contributed by atoms with Crippen molar-refractivity contribution in [3.8, 4) is 0 Å². The summed E-state index contributed by atoms with van der Waals surface area (Å²) in [5.41, 5.74) is -0.416. The first-order valence-corrected chi connectivity index (χ1v) is 6.44. The second-order valence-corrected chi connectivity index (χ2v) is 6.02. The maximum absolute atomic E-state index is 11.8. The molecule has 0 atom stereocenters. The van der Waals surface area contributed by atoms with Crippen molar-refractivity contribution in [2.45, 2.75) is 53.0 Å². The third kappa shape index (κ3) is 4.77. The fourth-order valence-electron chi connectivity index (χ4n) is 1.14. The van der Waals surface area contributed by atoms with E-state index in [0.29, 0.717) is 11.3 Å². The number of rotatable bonds is 4. The highest BCUT2D eigenvalue weighted by Crippen LogP contribution is 2.13. The van der Waals surface area contributed by atoms with Gasteiger partial charge in [0.05, 0.1) is 4.91 Å². The van der Waals surface area contributed by atoms with Gasteiger partial charge in [-0.1, -0.05) is 19.9 Å². The Hall–Kier alpha value is -0.350. The van der Waals surface area contributed by atoms with E-state index in [1.54, 1.807) is 6.08 Å². The van der Waals surface area contributed by atoms with E-state index in [1.165, 1.54) is 0 Å². The first-order valence-electron chi connectivity index (χ1n) is 4.96. The molecule has 0 bridgehead atoms. The van der Waals surface area contributed by atoms with E-state index in [-0.39, 0.29) is 0 Å². The van der Waals surface area contributed by atoms with Crippen molar-refractivity contribution >= 4 is 10.0 Å². The van der Waals surface area contributed by atoms with Crippen LogP contribution < -0.4 is 4.72 Å². The molecule has 0 aromatic carbocycles. The van der Waals surface area contributed by atoms with Gasteiger partial charge >= 0.3 is 0 Å². The van der Waals surface area contributed by atoms with Gasteiger partial charge in [0.15, 0.2) is 0 Å². The first kappa shape index (κ1) is 13.7. The predicted octanol–water partition coefficient (Wildman–Crippen LogP) is 2.41. The van der Waals surface area contributed by atoms with Gasteiger partial charge in [0.1, 0.15) is 0 Å². The van der Waals surface area contributed by atoms with Crippen LogP contribution >= 0.6 is 0 Å². The molecule has 0 saturated heterocycles. The molecule has 0 aromatic heterocycles. The summed E-state index contributed by atoms with van der Waals surface area (Å²) in [5, 5.41) is 0. The summed E-state index contributed by atoms with van der Waals surface area (Å²) >= 11 is 0. The number of allylic oxidation sites excluding steroid dienone is 2. The van der Waals surface area contributed by atoms with Crippen molar-refractivity contribution in [3.05, 3.63) is 11.0 Å². The maximum atomic E-state index is 11.8. The number of sulfonamides is 1. The lowest BCUT2D eigenvalue weighted by molar-refractivity contribution is 0.494. The minimum atomic E-state index is -3.28. The fourth-order valence-corrected chi connectivity index (χ4v) is 2.84. The Morgan fingerprint density at radius 2 is 1.79 bits per heavy atom. The molecular formula is C10H21NO2S. The molecule has 84 valence electrons. The van der Waals surface area contributed by atoms with Crippen LogP contribution in [-0.4, -0.2) is 14.0 Å². The van der Waals surface area contributed by atoms with Crippen molar-refractivity contribution in [2.75, 3.05) is 0 Å². The molecule has 3 nitrogen and oxygen atoms in total. The van der Waals surface area contributed by atoms with Gasteiger partial charge in [-0.05, 0) is 33.6 Å². The average molecular weight is 219 g/mol. The topological polar surface area (TPSA) is 46.2 Å². The van der Waals surface area contributed by atoms with Gasteiger partial charge in [0.25, 0.3) is 0 Å². The van der Waals surface area contributed by atoms with Gasteiger partial charge in [0.2, 0.25) is 10.0 Å². The Kier molecular flexibility index (Phi) is 4.81. The van der Waals surface area contributed by atoms with Crippen LogP contribution in [0.5, 0.6) is 0 Å². The van der Waals surface area contributed by atoms with E-state index < -0.39 is 15.6 Å². The van der Waals surface area contributed by atoms with E-state index >= 15 is 0 Å². The summed E-state index contributed by atoms with van der Waals surface area (Å²) in [6, 6.07) is 0. The number of hydrogen-bond acceptors (Lipinski definition) is 2. The van der Waals surface area contributed by atoms with Crippen molar-refractivity contribution in [2.24, 2.45) is 0 Å². The van der Waals surface area contributed by atoms with Crippen LogP contribution in [0.4, 0.5) is 0 Å². The summed E-state index contributed by atoms with van der Waals surface area (Å²) in [6.45, 7) is 9.29. The molecule has 0 fully saturated rings. The van der Waals surface area contributed by atoms with Crippen molar-refractivity contribution in [3.63, 3.8) is 0 Å². The average Bonchev–Trinajstić information content (AvgIpc) is 1.94. The number of nitrogens with one attached hydrogen (secondary N) is 1. The highest BCUT2D eigenvalue weighted by molar-refractivity contribution is 7.93. The van der Waals surface area contributed by atoms with Crippen LogP contribution in [0.25, 0.3) is 0 Å². The van der Waals surface area contributed by atoms with E-state index in [1.807, 2.05) is 34.6 Å². The van der Waals surface area contributed by atoms with Crippen LogP contribution in [0.3, 0.4) is 0 Å². The van der Waals surface area contributed by atoms with Gasteiger partial charge in [0, 0.05) is 5.54 Å². The van der Waals surface area contributed by atoms with Gasteiger partial charge in [-0.15, -0.1) is 0 Å². The summed E-state index contributed by atoms with van der Waals surface area (Å²) in [5.74, 6) is 0. The lowest BCUT2D eigenvalue weighted by Gasteiger charge is -2.21. The minimum Gasteiger partial charge on any atom is -0.207 e. The third-order valence-corrected chi connectivity index (χ3v) is 3.59. The highest BCUT2D eigenvalue weighted by atomic mass is 32.2. The molecule has 0 rings (SSSR count). The molecule has 0 saturated carbocycles. The molecular weight excluding hydrogens is 198 g/mol. The molecule has 0 radical (unpaired) electrons. The molecule has 1 N–H and O–H groups in total.